The van der Waals surface area contributed by atoms with E-state index in [1.165, 1.54) is 16.8 Å². The maximum atomic E-state index is 12.6. The Kier molecular flexibility index (Phi) is 6.48. The van der Waals surface area contributed by atoms with Crippen LogP contribution in [0, 0.1) is 0 Å². The molecule has 0 atom stereocenters. The van der Waals surface area contributed by atoms with Gasteiger partial charge in [0.1, 0.15) is 5.75 Å². The minimum absolute atomic E-state index is 0.299. The van der Waals surface area contributed by atoms with Crippen LogP contribution in [0.3, 0.4) is 0 Å². The first-order chi connectivity index (χ1) is 16.4. The Bertz CT molecular complexity index is 1500. The van der Waals surface area contributed by atoms with Crippen molar-refractivity contribution in [1.29, 1.82) is 0 Å². The lowest BCUT2D eigenvalue weighted by Crippen LogP contribution is -2.44. The number of methoxy groups -OCH3 is 1. The first-order valence-corrected chi connectivity index (χ1v) is 13.1. The van der Waals surface area contributed by atoms with Crippen molar-refractivity contribution in [2.75, 3.05) is 19.9 Å². The molecule has 0 unspecified atom stereocenters. The highest BCUT2D eigenvalue weighted by molar-refractivity contribution is 7.88. The molecule has 4 rings (SSSR count). The van der Waals surface area contributed by atoms with Gasteiger partial charge in [-0.2, -0.15) is 0 Å². The standard InChI is InChI=1S/C25H30N4O5S/c1-25(2,3)21-14-19(29-11-9-22(30)26-24(29)31)13-20(23(21)34-4)17-7-6-16-8-10-28(15-18(16)12-17)27-35(5,32)33/h6-7,9,11-14,27H,8,10,15H2,1-5H3,(H,26,30,31). The van der Waals surface area contributed by atoms with Crippen LogP contribution in [-0.2, 0) is 28.4 Å². The van der Waals surface area contributed by atoms with Crippen LogP contribution in [0.2, 0.25) is 0 Å². The molecule has 1 aliphatic heterocycles. The van der Waals surface area contributed by atoms with Crippen LogP contribution in [0.5, 0.6) is 5.75 Å². The van der Waals surface area contributed by atoms with E-state index in [1.807, 2.05) is 24.3 Å². The number of hydrogen-bond donors (Lipinski definition) is 2. The zero-order valence-electron chi connectivity index (χ0n) is 20.5. The Labute approximate surface area is 204 Å². The molecule has 2 heterocycles. The Balaban J connectivity index is 1.89. The van der Waals surface area contributed by atoms with Crippen molar-refractivity contribution in [3.05, 3.63) is 80.1 Å². The molecule has 186 valence electrons. The summed E-state index contributed by atoms with van der Waals surface area (Å²) in [6, 6.07) is 11.2. The van der Waals surface area contributed by atoms with Gasteiger partial charge in [-0.25, -0.2) is 18.2 Å². The van der Waals surface area contributed by atoms with Crippen molar-refractivity contribution >= 4 is 10.0 Å². The van der Waals surface area contributed by atoms with Gasteiger partial charge in [0.2, 0.25) is 10.0 Å². The highest BCUT2D eigenvalue weighted by atomic mass is 32.2. The topological polar surface area (TPSA) is 114 Å². The summed E-state index contributed by atoms with van der Waals surface area (Å²) in [7, 11) is -1.75. The third-order valence-corrected chi connectivity index (χ3v) is 6.60. The fourth-order valence-corrected chi connectivity index (χ4v) is 5.03. The van der Waals surface area contributed by atoms with E-state index < -0.39 is 21.3 Å². The lowest BCUT2D eigenvalue weighted by Gasteiger charge is -2.29. The zero-order valence-corrected chi connectivity index (χ0v) is 21.3. The fraction of sp³-hybridized carbons (Fsp3) is 0.360. The summed E-state index contributed by atoms with van der Waals surface area (Å²) >= 11 is 0. The van der Waals surface area contributed by atoms with Gasteiger partial charge < -0.3 is 4.74 Å². The molecule has 10 heteroatoms. The Morgan fingerprint density at radius 2 is 1.80 bits per heavy atom. The summed E-state index contributed by atoms with van der Waals surface area (Å²) in [5, 5.41) is 1.69. The Hall–Kier alpha value is -3.21. The van der Waals surface area contributed by atoms with Crippen molar-refractivity contribution < 1.29 is 13.2 Å². The van der Waals surface area contributed by atoms with Crippen LogP contribution >= 0.6 is 0 Å². The van der Waals surface area contributed by atoms with Crippen molar-refractivity contribution in [1.82, 2.24) is 19.4 Å². The van der Waals surface area contributed by atoms with Crippen molar-refractivity contribution in [3.63, 3.8) is 0 Å². The number of H-pyrrole nitrogens is 1. The number of hydrogen-bond acceptors (Lipinski definition) is 6. The molecule has 0 saturated carbocycles. The van der Waals surface area contributed by atoms with Crippen LogP contribution in [0.4, 0.5) is 0 Å². The molecule has 3 aromatic rings. The molecule has 0 aliphatic carbocycles. The number of hydrazine groups is 1. The molecule has 1 aromatic heterocycles. The predicted octanol–water partition coefficient (Wildman–Crippen LogP) is 2.32. The molecule has 9 nitrogen and oxygen atoms in total. The van der Waals surface area contributed by atoms with Gasteiger partial charge >= 0.3 is 5.69 Å². The van der Waals surface area contributed by atoms with E-state index in [1.54, 1.807) is 12.1 Å². The van der Waals surface area contributed by atoms with Gasteiger partial charge in [-0.15, -0.1) is 4.83 Å². The zero-order chi connectivity index (χ0) is 25.5. The molecule has 0 bridgehead atoms. The van der Waals surface area contributed by atoms with Crippen molar-refractivity contribution in [2.24, 2.45) is 0 Å². The number of nitrogens with one attached hydrogen (secondary N) is 2. The Morgan fingerprint density at radius 3 is 2.43 bits per heavy atom. The summed E-state index contributed by atoms with van der Waals surface area (Å²) in [4.78, 5) is 29.0. The average molecular weight is 499 g/mol. The van der Waals surface area contributed by atoms with Crippen LogP contribution < -0.4 is 20.8 Å². The summed E-state index contributed by atoms with van der Waals surface area (Å²) in [6.07, 6.45) is 3.32. The minimum Gasteiger partial charge on any atom is -0.496 e. The molecular weight excluding hydrogens is 468 g/mol. The van der Waals surface area contributed by atoms with Gasteiger partial charge in [0.05, 0.1) is 19.1 Å². The Morgan fingerprint density at radius 1 is 1.06 bits per heavy atom. The number of rotatable bonds is 5. The third kappa shape index (κ3) is 5.39. The lowest BCUT2D eigenvalue weighted by atomic mass is 9.83. The number of benzene rings is 2. The van der Waals surface area contributed by atoms with Crippen LogP contribution in [0.1, 0.15) is 37.5 Å². The van der Waals surface area contributed by atoms with E-state index in [2.05, 4.69) is 36.7 Å². The number of aromatic nitrogens is 2. The molecule has 2 aromatic carbocycles. The number of nitrogens with zero attached hydrogens (tertiary/aromatic N) is 2. The largest absolute Gasteiger partial charge is 0.496 e. The molecule has 0 fully saturated rings. The van der Waals surface area contributed by atoms with E-state index in [9.17, 15) is 18.0 Å². The lowest BCUT2D eigenvalue weighted by molar-refractivity contribution is 0.222. The SMILES string of the molecule is COc1c(-c2ccc3c(c2)CN(NS(C)(=O)=O)CC3)cc(-n2ccc(=O)[nH]c2=O)cc1C(C)(C)C. The number of ether oxygens (including phenoxy) is 1. The molecule has 0 radical (unpaired) electrons. The van der Waals surface area contributed by atoms with Gasteiger partial charge in [0.15, 0.2) is 0 Å². The van der Waals surface area contributed by atoms with Gasteiger partial charge in [-0.3, -0.25) is 14.3 Å². The number of fused-ring (bicyclic) bond motifs is 1. The molecule has 0 saturated heterocycles. The van der Waals surface area contributed by atoms with Gasteiger partial charge in [0, 0.05) is 36.5 Å². The molecule has 1 aliphatic rings. The number of aromatic amines is 1. The van der Waals surface area contributed by atoms with Crippen LogP contribution in [0.25, 0.3) is 16.8 Å². The second kappa shape index (κ2) is 9.10. The maximum absolute atomic E-state index is 12.6. The van der Waals surface area contributed by atoms with Gasteiger partial charge in [-0.05, 0) is 46.7 Å². The maximum Gasteiger partial charge on any atom is 0.332 e. The monoisotopic (exact) mass is 498 g/mol. The summed E-state index contributed by atoms with van der Waals surface area (Å²) in [5.41, 5.74) is 4.06. The second-order valence-corrected chi connectivity index (χ2v) is 11.5. The third-order valence-electron chi connectivity index (χ3n) is 6.01. The average Bonchev–Trinajstić information content (AvgIpc) is 2.76. The first kappa shape index (κ1) is 24.9. The normalized spacial score (nSPS) is 14.5. The summed E-state index contributed by atoms with van der Waals surface area (Å²) in [6.45, 7) is 7.21. The quantitative estimate of drug-likeness (QED) is 0.558. The van der Waals surface area contributed by atoms with E-state index in [0.717, 1.165) is 40.5 Å². The molecule has 35 heavy (non-hydrogen) atoms. The predicted molar refractivity (Wildman–Crippen MR) is 135 cm³/mol. The van der Waals surface area contributed by atoms with Crippen LogP contribution in [-0.4, -0.2) is 42.9 Å². The van der Waals surface area contributed by atoms with Crippen LogP contribution in [0.15, 0.2) is 52.2 Å². The molecule has 0 amide bonds. The van der Waals surface area contributed by atoms with E-state index >= 15 is 0 Å². The minimum atomic E-state index is -3.37. The molecular formula is C25H30N4O5S. The fourth-order valence-electron chi connectivity index (χ4n) is 4.40. The smallest absolute Gasteiger partial charge is 0.332 e. The van der Waals surface area contributed by atoms with Crippen molar-refractivity contribution in [3.8, 4) is 22.6 Å². The first-order valence-electron chi connectivity index (χ1n) is 11.2. The summed E-state index contributed by atoms with van der Waals surface area (Å²) in [5.74, 6) is 0.695. The van der Waals surface area contributed by atoms with Gasteiger partial charge in [-0.1, -0.05) is 32.9 Å². The highest BCUT2D eigenvalue weighted by Gasteiger charge is 2.25. The molecule has 2 N–H and O–H groups in total. The van der Waals surface area contributed by atoms with E-state index in [-0.39, 0.29) is 5.41 Å². The summed E-state index contributed by atoms with van der Waals surface area (Å²) < 4.78 is 30.7. The second-order valence-electron chi connectivity index (χ2n) is 9.82. The van der Waals surface area contributed by atoms with E-state index in [4.69, 9.17) is 4.74 Å². The molecule has 0 spiro atoms. The van der Waals surface area contributed by atoms with E-state index in [0.29, 0.717) is 24.5 Å². The highest BCUT2D eigenvalue weighted by Crippen LogP contribution is 2.41. The van der Waals surface area contributed by atoms with Gasteiger partial charge in [0.25, 0.3) is 5.56 Å². The number of sulfonamides is 1. The van der Waals surface area contributed by atoms with Crippen molar-refractivity contribution in [2.45, 2.75) is 39.2 Å².